The highest BCUT2D eigenvalue weighted by atomic mass is 16.6. The van der Waals surface area contributed by atoms with Crippen molar-refractivity contribution in [3.05, 3.63) is 0 Å². The molecule has 104 valence electrons. The maximum Gasteiger partial charge on any atom is 0.410 e. The second-order valence-electron chi connectivity index (χ2n) is 5.87. The molecule has 2 rings (SSSR count). The Morgan fingerprint density at radius 1 is 1.33 bits per heavy atom. The quantitative estimate of drug-likeness (QED) is 0.718. The number of carbonyl (C=O) groups excluding carboxylic acids is 1. The van der Waals surface area contributed by atoms with Gasteiger partial charge in [-0.25, -0.2) is 4.79 Å². The zero-order valence-electron chi connectivity index (χ0n) is 11.5. The number of amides is 1. The lowest BCUT2D eigenvalue weighted by molar-refractivity contribution is -0.0711. The lowest BCUT2D eigenvalue weighted by Gasteiger charge is -2.38. The van der Waals surface area contributed by atoms with Gasteiger partial charge >= 0.3 is 6.09 Å². The van der Waals surface area contributed by atoms with Crippen LogP contribution in [0.25, 0.3) is 0 Å². The highest BCUT2D eigenvalue weighted by Crippen LogP contribution is 2.23. The first-order chi connectivity index (χ1) is 8.47. The Morgan fingerprint density at radius 2 is 2.11 bits per heavy atom. The number of hydrogen-bond donors (Lipinski definition) is 0. The molecule has 0 aromatic carbocycles. The molecule has 2 aliphatic heterocycles. The van der Waals surface area contributed by atoms with E-state index in [4.69, 9.17) is 14.2 Å². The minimum atomic E-state index is -0.462. The molecule has 18 heavy (non-hydrogen) atoms. The summed E-state index contributed by atoms with van der Waals surface area (Å²) in [5, 5.41) is 0. The van der Waals surface area contributed by atoms with Crippen molar-refractivity contribution in [1.29, 1.82) is 0 Å². The van der Waals surface area contributed by atoms with E-state index in [-0.39, 0.29) is 18.2 Å². The highest BCUT2D eigenvalue weighted by Gasteiger charge is 2.37. The number of morpholine rings is 1. The van der Waals surface area contributed by atoms with Gasteiger partial charge in [-0.3, -0.25) is 4.90 Å². The van der Waals surface area contributed by atoms with Gasteiger partial charge in [0.15, 0.2) is 0 Å². The minimum absolute atomic E-state index is 0.00361. The lowest BCUT2D eigenvalue weighted by Crippen LogP contribution is -2.55. The molecule has 2 fully saturated rings. The van der Waals surface area contributed by atoms with Crippen LogP contribution in [0.2, 0.25) is 0 Å². The van der Waals surface area contributed by atoms with Gasteiger partial charge in [0.25, 0.3) is 0 Å². The zero-order valence-corrected chi connectivity index (χ0v) is 11.5. The average Bonchev–Trinajstić information content (AvgIpc) is 2.80. The van der Waals surface area contributed by atoms with E-state index in [0.29, 0.717) is 19.8 Å². The molecule has 0 bridgehead atoms. The largest absolute Gasteiger partial charge is 0.444 e. The Kier molecular flexibility index (Phi) is 4.12. The van der Waals surface area contributed by atoms with E-state index in [9.17, 15) is 4.79 Å². The van der Waals surface area contributed by atoms with E-state index in [1.165, 1.54) is 0 Å². The fourth-order valence-corrected chi connectivity index (χ4v) is 2.38. The van der Waals surface area contributed by atoms with E-state index in [2.05, 4.69) is 0 Å². The standard InChI is InChI=1S/C13H23NO4/c1-13(2,3)18-12(15)14-6-8-16-9-10(14)11-5-4-7-17-11/h10-11H,4-9H2,1-3H3. The molecule has 2 atom stereocenters. The van der Waals surface area contributed by atoms with Crippen LogP contribution in [0.4, 0.5) is 4.79 Å². The maximum absolute atomic E-state index is 12.2. The maximum atomic E-state index is 12.2. The minimum Gasteiger partial charge on any atom is -0.444 e. The number of carbonyl (C=O) groups is 1. The van der Waals surface area contributed by atoms with Crippen molar-refractivity contribution in [2.24, 2.45) is 0 Å². The van der Waals surface area contributed by atoms with Gasteiger partial charge in [-0.05, 0) is 33.6 Å². The Hall–Kier alpha value is -0.810. The first-order valence-corrected chi connectivity index (χ1v) is 6.66. The molecule has 5 heteroatoms. The monoisotopic (exact) mass is 257 g/mol. The number of ether oxygens (including phenoxy) is 3. The van der Waals surface area contributed by atoms with E-state index < -0.39 is 5.60 Å². The molecule has 5 nitrogen and oxygen atoms in total. The summed E-state index contributed by atoms with van der Waals surface area (Å²) in [6, 6.07) is -0.00361. The van der Waals surface area contributed by atoms with E-state index in [1.54, 1.807) is 4.90 Å². The Morgan fingerprint density at radius 3 is 2.72 bits per heavy atom. The van der Waals surface area contributed by atoms with Crippen LogP contribution >= 0.6 is 0 Å². The molecule has 2 saturated heterocycles. The molecule has 0 saturated carbocycles. The first-order valence-electron chi connectivity index (χ1n) is 6.66. The SMILES string of the molecule is CC(C)(C)OC(=O)N1CCOCC1C1CCCO1. The number of nitrogens with zero attached hydrogens (tertiary/aromatic N) is 1. The van der Waals surface area contributed by atoms with Crippen molar-refractivity contribution in [3.63, 3.8) is 0 Å². The van der Waals surface area contributed by atoms with Crippen LogP contribution in [0.3, 0.4) is 0 Å². The average molecular weight is 257 g/mol. The summed E-state index contributed by atoms with van der Waals surface area (Å²) in [6.45, 7) is 8.13. The van der Waals surface area contributed by atoms with E-state index >= 15 is 0 Å². The fraction of sp³-hybridized carbons (Fsp3) is 0.923. The van der Waals surface area contributed by atoms with Crippen molar-refractivity contribution in [2.45, 2.75) is 51.4 Å². The predicted molar refractivity (Wildman–Crippen MR) is 66.5 cm³/mol. The van der Waals surface area contributed by atoms with Crippen molar-refractivity contribution >= 4 is 6.09 Å². The summed E-state index contributed by atoms with van der Waals surface area (Å²) in [5.74, 6) is 0. The fourth-order valence-electron chi connectivity index (χ4n) is 2.38. The van der Waals surface area contributed by atoms with Crippen LogP contribution in [0.5, 0.6) is 0 Å². The normalized spacial score (nSPS) is 29.4. The Bertz CT molecular complexity index is 294. The van der Waals surface area contributed by atoms with Crippen LogP contribution in [-0.2, 0) is 14.2 Å². The summed E-state index contributed by atoms with van der Waals surface area (Å²) in [6.07, 6.45) is 1.89. The Labute approximate surface area is 108 Å². The van der Waals surface area contributed by atoms with Crippen molar-refractivity contribution < 1.29 is 19.0 Å². The van der Waals surface area contributed by atoms with Gasteiger partial charge in [-0.1, -0.05) is 0 Å². The van der Waals surface area contributed by atoms with Crippen LogP contribution in [0.1, 0.15) is 33.6 Å². The second-order valence-corrected chi connectivity index (χ2v) is 5.87. The molecular formula is C13H23NO4. The van der Waals surface area contributed by atoms with Crippen LogP contribution in [0, 0.1) is 0 Å². The van der Waals surface area contributed by atoms with Crippen LogP contribution in [0.15, 0.2) is 0 Å². The third-order valence-electron chi connectivity index (χ3n) is 3.19. The number of hydrogen-bond acceptors (Lipinski definition) is 4. The summed E-state index contributed by atoms with van der Waals surface area (Å²) in [4.78, 5) is 13.9. The predicted octanol–water partition coefficient (Wildman–Crippen LogP) is 1.80. The van der Waals surface area contributed by atoms with E-state index in [0.717, 1.165) is 19.4 Å². The molecule has 0 aromatic rings. The Balaban J connectivity index is 2.00. The molecule has 2 aliphatic rings. The van der Waals surface area contributed by atoms with Crippen molar-refractivity contribution in [3.8, 4) is 0 Å². The molecule has 2 unspecified atom stereocenters. The van der Waals surface area contributed by atoms with Gasteiger partial charge in [0.05, 0.1) is 25.4 Å². The summed E-state index contributed by atoms with van der Waals surface area (Å²) < 4.78 is 16.6. The van der Waals surface area contributed by atoms with Gasteiger partial charge in [0, 0.05) is 13.2 Å². The van der Waals surface area contributed by atoms with Crippen LogP contribution < -0.4 is 0 Å². The van der Waals surface area contributed by atoms with Gasteiger partial charge in [0.2, 0.25) is 0 Å². The molecule has 0 aromatic heterocycles. The van der Waals surface area contributed by atoms with Gasteiger partial charge in [0.1, 0.15) is 5.60 Å². The molecule has 2 heterocycles. The summed E-state index contributed by atoms with van der Waals surface area (Å²) in [7, 11) is 0. The third kappa shape index (κ3) is 3.36. The van der Waals surface area contributed by atoms with Crippen LogP contribution in [-0.4, -0.2) is 55.1 Å². The summed E-state index contributed by atoms with van der Waals surface area (Å²) in [5.41, 5.74) is -0.462. The third-order valence-corrected chi connectivity index (χ3v) is 3.19. The highest BCUT2D eigenvalue weighted by molar-refractivity contribution is 5.68. The molecular weight excluding hydrogens is 234 g/mol. The van der Waals surface area contributed by atoms with Gasteiger partial charge in [-0.2, -0.15) is 0 Å². The molecule has 0 N–H and O–H groups in total. The van der Waals surface area contributed by atoms with Crippen molar-refractivity contribution in [2.75, 3.05) is 26.4 Å². The summed E-state index contributed by atoms with van der Waals surface area (Å²) >= 11 is 0. The smallest absolute Gasteiger partial charge is 0.410 e. The van der Waals surface area contributed by atoms with E-state index in [1.807, 2.05) is 20.8 Å². The molecule has 1 amide bonds. The molecule has 0 aliphatic carbocycles. The number of rotatable bonds is 1. The zero-order chi connectivity index (χ0) is 13.2. The molecule has 0 spiro atoms. The first kappa shape index (κ1) is 13.6. The second kappa shape index (κ2) is 5.45. The molecule has 0 radical (unpaired) electrons. The van der Waals surface area contributed by atoms with Crippen molar-refractivity contribution in [1.82, 2.24) is 4.90 Å². The lowest BCUT2D eigenvalue weighted by atomic mass is 10.1. The topological polar surface area (TPSA) is 48.0 Å². The van der Waals surface area contributed by atoms with Gasteiger partial charge < -0.3 is 14.2 Å². The van der Waals surface area contributed by atoms with Gasteiger partial charge in [-0.15, -0.1) is 0 Å².